The van der Waals surface area contributed by atoms with E-state index in [2.05, 4.69) is 15.3 Å². The molecule has 2 heterocycles. The first-order valence-electron chi connectivity index (χ1n) is 8.02. The van der Waals surface area contributed by atoms with Crippen LogP contribution in [0.15, 0.2) is 42.7 Å². The molecular formula is C17H20FN5O. The van der Waals surface area contributed by atoms with Crippen LogP contribution in [-0.2, 0) is 4.79 Å². The van der Waals surface area contributed by atoms with Gasteiger partial charge in [0.1, 0.15) is 5.82 Å². The molecule has 1 aromatic heterocycles. The molecule has 1 aromatic carbocycles. The summed E-state index contributed by atoms with van der Waals surface area (Å²) in [5.74, 6) is 0.394. The number of piperazine rings is 1. The van der Waals surface area contributed by atoms with Crippen LogP contribution in [0.3, 0.4) is 0 Å². The van der Waals surface area contributed by atoms with Crippen molar-refractivity contribution in [2.45, 2.75) is 6.42 Å². The standard InChI is InChI=1S/C17H20FN5O/c18-14-4-1-2-5-15(14)22-10-12-23(13-11-22)16(24)6-9-21-17-19-7-3-8-20-17/h1-5,7-8H,6,9-13H2,(H,19,20,21). The summed E-state index contributed by atoms with van der Waals surface area (Å²) in [5, 5.41) is 3.03. The molecule has 1 saturated heterocycles. The molecule has 126 valence electrons. The average molecular weight is 329 g/mol. The van der Waals surface area contributed by atoms with Crippen molar-refractivity contribution in [2.24, 2.45) is 0 Å². The minimum Gasteiger partial charge on any atom is -0.366 e. The number of nitrogens with one attached hydrogen (secondary N) is 1. The van der Waals surface area contributed by atoms with Gasteiger partial charge in [-0.3, -0.25) is 4.79 Å². The summed E-state index contributed by atoms with van der Waals surface area (Å²) in [5.41, 5.74) is 0.604. The van der Waals surface area contributed by atoms with Crippen molar-refractivity contribution in [3.63, 3.8) is 0 Å². The summed E-state index contributed by atoms with van der Waals surface area (Å²) in [6.07, 6.45) is 3.69. The minimum atomic E-state index is -0.218. The largest absolute Gasteiger partial charge is 0.366 e. The zero-order valence-electron chi connectivity index (χ0n) is 13.4. The second-order valence-corrected chi connectivity index (χ2v) is 5.57. The van der Waals surface area contributed by atoms with E-state index in [-0.39, 0.29) is 11.7 Å². The smallest absolute Gasteiger partial charge is 0.224 e. The van der Waals surface area contributed by atoms with Gasteiger partial charge in [-0.05, 0) is 18.2 Å². The molecule has 0 saturated carbocycles. The van der Waals surface area contributed by atoms with Crippen LogP contribution in [-0.4, -0.2) is 53.5 Å². The van der Waals surface area contributed by atoms with Gasteiger partial charge in [0, 0.05) is 51.5 Å². The van der Waals surface area contributed by atoms with E-state index in [4.69, 9.17) is 0 Å². The van der Waals surface area contributed by atoms with E-state index in [9.17, 15) is 9.18 Å². The van der Waals surface area contributed by atoms with E-state index in [1.807, 2.05) is 15.9 Å². The Morgan fingerprint density at radius 1 is 1.08 bits per heavy atom. The first kappa shape index (κ1) is 16.2. The van der Waals surface area contributed by atoms with E-state index < -0.39 is 0 Å². The summed E-state index contributed by atoms with van der Waals surface area (Å²) in [6, 6.07) is 8.49. The lowest BCUT2D eigenvalue weighted by molar-refractivity contribution is -0.131. The number of amides is 1. The van der Waals surface area contributed by atoms with Crippen LogP contribution in [0, 0.1) is 5.82 Å². The zero-order chi connectivity index (χ0) is 16.8. The number of halogens is 1. The highest BCUT2D eigenvalue weighted by molar-refractivity contribution is 5.77. The van der Waals surface area contributed by atoms with Gasteiger partial charge in [0.25, 0.3) is 0 Å². The SMILES string of the molecule is O=C(CCNc1ncccn1)N1CCN(c2ccccc2F)CC1. The molecule has 0 radical (unpaired) electrons. The number of benzene rings is 1. The lowest BCUT2D eigenvalue weighted by Crippen LogP contribution is -2.49. The van der Waals surface area contributed by atoms with Gasteiger partial charge in [0.15, 0.2) is 0 Å². The number of hydrogen-bond donors (Lipinski definition) is 1. The highest BCUT2D eigenvalue weighted by Crippen LogP contribution is 2.20. The summed E-state index contributed by atoms with van der Waals surface area (Å²) >= 11 is 0. The normalized spacial score (nSPS) is 14.5. The second-order valence-electron chi connectivity index (χ2n) is 5.57. The van der Waals surface area contributed by atoms with Gasteiger partial charge in [-0.2, -0.15) is 0 Å². The molecule has 1 amide bonds. The Balaban J connectivity index is 1.44. The Bertz CT molecular complexity index is 674. The van der Waals surface area contributed by atoms with Crippen molar-refractivity contribution in [3.8, 4) is 0 Å². The Morgan fingerprint density at radius 2 is 1.79 bits per heavy atom. The van der Waals surface area contributed by atoms with Crippen molar-refractivity contribution in [3.05, 3.63) is 48.5 Å². The van der Waals surface area contributed by atoms with E-state index in [1.54, 1.807) is 30.6 Å². The molecule has 7 heteroatoms. The van der Waals surface area contributed by atoms with Crippen molar-refractivity contribution in [2.75, 3.05) is 42.9 Å². The van der Waals surface area contributed by atoms with Crippen LogP contribution < -0.4 is 10.2 Å². The number of rotatable bonds is 5. The molecule has 0 atom stereocenters. The molecule has 1 aliphatic heterocycles. The van der Waals surface area contributed by atoms with Gasteiger partial charge >= 0.3 is 0 Å². The Labute approximate surface area is 140 Å². The van der Waals surface area contributed by atoms with Crippen molar-refractivity contribution >= 4 is 17.5 Å². The molecule has 0 spiro atoms. The van der Waals surface area contributed by atoms with Crippen LogP contribution in [0.25, 0.3) is 0 Å². The molecule has 1 N–H and O–H groups in total. The first-order chi connectivity index (χ1) is 11.7. The lowest BCUT2D eigenvalue weighted by Gasteiger charge is -2.36. The average Bonchev–Trinajstić information content (AvgIpc) is 2.63. The van der Waals surface area contributed by atoms with Gasteiger partial charge < -0.3 is 15.1 Å². The summed E-state index contributed by atoms with van der Waals surface area (Å²) in [7, 11) is 0. The van der Waals surface area contributed by atoms with Crippen LogP contribution in [0.5, 0.6) is 0 Å². The third kappa shape index (κ3) is 3.98. The Kier molecular flexibility index (Phi) is 5.20. The fourth-order valence-corrected chi connectivity index (χ4v) is 2.73. The predicted molar refractivity (Wildman–Crippen MR) is 90.3 cm³/mol. The molecule has 0 unspecified atom stereocenters. The number of anilines is 2. The molecule has 2 aromatic rings. The summed E-state index contributed by atoms with van der Waals surface area (Å²) in [4.78, 5) is 24.2. The number of hydrogen-bond acceptors (Lipinski definition) is 5. The van der Waals surface area contributed by atoms with Crippen LogP contribution in [0.4, 0.5) is 16.0 Å². The minimum absolute atomic E-state index is 0.0895. The zero-order valence-corrected chi connectivity index (χ0v) is 13.4. The van der Waals surface area contributed by atoms with Gasteiger partial charge in [-0.25, -0.2) is 14.4 Å². The number of aromatic nitrogens is 2. The fraction of sp³-hybridized carbons (Fsp3) is 0.353. The lowest BCUT2D eigenvalue weighted by atomic mass is 10.2. The monoisotopic (exact) mass is 329 g/mol. The van der Waals surface area contributed by atoms with Gasteiger partial charge in [-0.1, -0.05) is 12.1 Å². The number of carbonyl (C=O) groups excluding carboxylic acids is 1. The van der Waals surface area contributed by atoms with Gasteiger partial charge in [0.2, 0.25) is 11.9 Å². The number of carbonyl (C=O) groups is 1. The quantitative estimate of drug-likeness (QED) is 0.906. The number of para-hydroxylation sites is 1. The van der Waals surface area contributed by atoms with Crippen molar-refractivity contribution < 1.29 is 9.18 Å². The predicted octanol–water partition coefficient (Wildman–Crippen LogP) is 1.77. The third-order valence-corrected chi connectivity index (χ3v) is 4.01. The van der Waals surface area contributed by atoms with Crippen LogP contribution in [0.2, 0.25) is 0 Å². The number of nitrogens with zero attached hydrogens (tertiary/aromatic N) is 4. The molecule has 3 rings (SSSR count). The first-order valence-corrected chi connectivity index (χ1v) is 8.02. The maximum absolute atomic E-state index is 13.8. The molecule has 1 aliphatic rings. The van der Waals surface area contributed by atoms with Crippen molar-refractivity contribution in [1.29, 1.82) is 0 Å². The molecular weight excluding hydrogens is 309 g/mol. The summed E-state index contributed by atoms with van der Waals surface area (Å²) in [6.45, 7) is 2.99. The van der Waals surface area contributed by atoms with Crippen LogP contribution >= 0.6 is 0 Å². The Hall–Kier alpha value is -2.70. The topological polar surface area (TPSA) is 61.4 Å². The van der Waals surface area contributed by atoms with E-state index in [0.717, 1.165) is 0 Å². The molecule has 0 aliphatic carbocycles. The Morgan fingerprint density at radius 3 is 2.50 bits per heavy atom. The highest BCUT2D eigenvalue weighted by Gasteiger charge is 2.22. The van der Waals surface area contributed by atoms with Gasteiger partial charge in [-0.15, -0.1) is 0 Å². The molecule has 1 fully saturated rings. The van der Waals surface area contributed by atoms with E-state index >= 15 is 0 Å². The maximum Gasteiger partial charge on any atom is 0.224 e. The second kappa shape index (κ2) is 7.72. The maximum atomic E-state index is 13.8. The highest BCUT2D eigenvalue weighted by atomic mass is 19.1. The summed E-state index contributed by atoms with van der Waals surface area (Å²) < 4.78 is 13.8. The molecule has 24 heavy (non-hydrogen) atoms. The van der Waals surface area contributed by atoms with E-state index in [1.165, 1.54) is 6.07 Å². The van der Waals surface area contributed by atoms with E-state index in [0.29, 0.717) is 50.8 Å². The fourth-order valence-electron chi connectivity index (χ4n) is 2.73. The van der Waals surface area contributed by atoms with Crippen LogP contribution in [0.1, 0.15) is 6.42 Å². The van der Waals surface area contributed by atoms with Crippen molar-refractivity contribution in [1.82, 2.24) is 14.9 Å². The van der Waals surface area contributed by atoms with Gasteiger partial charge in [0.05, 0.1) is 5.69 Å². The third-order valence-electron chi connectivity index (χ3n) is 4.01. The molecule has 6 nitrogen and oxygen atoms in total. The molecule has 0 bridgehead atoms.